The highest BCUT2D eigenvalue weighted by Crippen LogP contribution is 2.28. The van der Waals surface area contributed by atoms with Crippen molar-refractivity contribution in [3.8, 4) is 17.0 Å². The zero-order chi connectivity index (χ0) is 18.6. The molecule has 1 aliphatic rings. The summed E-state index contributed by atoms with van der Waals surface area (Å²) in [5.41, 5.74) is 5.55. The average Bonchev–Trinajstić information content (AvgIpc) is 2.91. The Hall–Kier alpha value is -2.79. The maximum atomic E-state index is 9.62. The second-order valence-corrected chi connectivity index (χ2v) is 6.91. The Kier molecular flexibility index (Phi) is 5.12. The Labute approximate surface area is 159 Å². The summed E-state index contributed by atoms with van der Waals surface area (Å²) >= 11 is 0. The summed E-state index contributed by atoms with van der Waals surface area (Å²) < 4.78 is 0. The first-order valence-corrected chi connectivity index (χ1v) is 9.53. The fraction of sp³-hybridized carbons (Fsp3) is 0.318. The maximum Gasteiger partial charge on any atom is 0.129 e. The van der Waals surface area contributed by atoms with E-state index in [4.69, 9.17) is 9.97 Å². The third-order valence-corrected chi connectivity index (χ3v) is 5.05. The number of hydrogen-bond acceptors (Lipinski definition) is 5. The van der Waals surface area contributed by atoms with Crippen LogP contribution in [0.5, 0.6) is 5.75 Å². The van der Waals surface area contributed by atoms with Gasteiger partial charge in [0.05, 0.1) is 11.4 Å². The van der Waals surface area contributed by atoms with Gasteiger partial charge in [-0.2, -0.15) is 0 Å². The van der Waals surface area contributed by atoms with Crippen molar-refractivity contribution in [2.24, 2.45) is 0 Å². The van der Waals surface area contributed by atoms with Crippen molar-refractivity contribution < 1.29 is 5.11 Å². The molecular weight excluding hydrogens is 336 g/mol. The first-order valence-electron chi connectivity index (χ1n) is 9.53. The minimum absolute atomic E-state index is 0.274. The molecule has 1 aromatic carbocycles. The number of aromatic hydroxyl groups is 1. The van der Waals surface area contributed by atoms with Crippen molar-refractivity contribution in [2.45, 2.75) is 32.7 Å². The molecule has 0 aliphatic carbocycles. The molecule has 1 N–H and O–H groups in total. The first-order chi connectivity index (χ1) is 13.2. The van der Waals surface area contributed by atoms with E-state index in [2.05, 4.69) is 22.9 Å². The number of phenols is 1. The molecule has 0 fully saturated rings. The number of hydrogen-bond donors (Lipinski definition) is 1. The third kappa shape index (κ3) is 3.98. The molecule has 5 nitrogen and oxygen atoms in total. The highest BCUT2D eigenvalue weighted by atomic mass is 16.3. The summed E-state index contributed by atoms with van der Waals surface area (Å²) in [7, 11) is 0. The van der Waals surface area contributed by atoms with Gasteiger partial charge in [-0.15, -0.1) is 0 Å². The van der Waals surface area contributed by atoms with Crippen LogP contribution in [0.25, 0.3) is 11.3 Å². The van der Waals surface area contributed by atoms with E-state index in [1.807, 2.05) is 30.5 Å². The van der Waals surface area contributed by atoms with Gasteiger partial charge in [0.15, 0.2) is 0 Å². The van der Waals surface area contributed by atoms with E-state index < -0.39 is 0 Å². The number of aryl methyl sites for hydroxylation is 1. The van der Waals surface area contributed by atoms with Crippen molar-refractivity contribution in [3.05, 3.63) is 71.4 Å². The average molecular weight is 360 g/mol. The van der Waals surface area contributed by atoms with E-state index in [0.29, 0.717) is 0 Å². The van der Waals surface area contributed by atoms with Crippen LogP contribution < -0.4 is 0 Å². The third-order valence-electron chi connectivity index (χ3n) is 5.05. The first kappa shape index (κ1) is 17.6. The molecule has 3 aromatic rings. The summed E-state index contributed by atoms with van der Waals surface area (Å²) in [4.78, 5) is 16.6. The van der Waals surface area contributed by atoms with E-state index in [-0.39, 0.29) is 5.75 Å². The van der Waals surface area contributed by atoms with Crippen molar-refractivity contribution in [1.82, 2.24) is 19.9 Å². The Morgan fingerprint density at radius 3 is 2.56 bits per heavy atom. The number of phenolic OH excluding ortho intramolecular Hbond substituents is 1. The molecule has 4 rings (SSSR count). The molecule has 5 heteroatoms. The van der Waals surface area contributed by atoms with Crippen LogP contribution >= 0.6 is 0 Å². The number of rotatable bonds is 4. The van der Waals surface area contributed by atoms with E-state index in [1.54, 1.807) is 12.1 Å². The molecule has 0 saturated carbocycles. The van der Waals surface area contributed by atoms with Crippen LogP contribution in [0, 0.1) is 0 Å². The second-order valence-electron chi connectivity index (χ2n) is 6.91. The standard InChI is InChI=1S/C22H24N4O/c1-2-21-24-20-11-14-26(15-17-5-3-4-12-23-17)13-10-19(20)22(25-21)16-6-8-18(27)9-7-16/h3-9,12,27H,2,10-11,13-15H2,1H3. The molecule has 1 aliphatic heterocycles. The van der Waals surface area contributed by atoms with Gasteiger partial charge < -0.3 is 5.11 Å². The minimum atomic E-state index is 0.274. The van der Waals surface area contributed by atoms with Gasteiger partial charge in [0.25, 0.3) is 0 Å². The Morgan fingerprint density at radius 1 is 1.00 bits per heavy atom. The Morgan fingerprint density at radius 2 is 1.81 bits per heavy atom. The summed E-state index contributed by atoms with van der Waals surface area (Å²) in [6, 6.07) is 13.4. The quantitative estimate of drug-likeness (QED) is 0.772. The predicted octanol–water partition coefficient (Wildman–Crippen LogP) is 3.41. The fourth-order valence-corrected chi connectivity index (χ4v) is 3.59. The fourth-order valence-electron chi connectivity index (χ4n) is 3.59. The zero-order valence-electron chi connectivity index (χ0n) is 15.6. The van der Waals surface area contributed by atoms with Gasteiger partial charge in [-0.1, -0.05) is 13.0 Å². The normalized spacial score (nSPS) is 14.6. The van der Waals surface area contributed by atoms with Crippen LogP contribution in [0.4, 0.5) is 0 Å². The summed E-state index contributed by atoms with van der Waals surface area (Å²) in [5, 5.41) is 9.62. The molecule has 0 amide bonds. The number of benzene rings is 1. The van der Waals surface area contributed by atoms with E-state index in [1.165, 1.54) is 5.56 Å². The maximum absolute atomic E-state index is 9.62. The SMILES string of the molecule is CCc1nc2c(c(-c3ccc(O)cc3)n1)CCN(Cc1ccccn1)CC2. The van der Waals surface area contributed by atoms with Crippen molar-refractivity contribution in [2.75, 3.05) is 13.1 Å². The Balaban J connectivity index is 1.63. The van der Waals surface area contributed by atoms with Crippen LogP contribution in [-0.4, -0.2) is 38.0 Å². The lowest BCUT2D eigenvalue weighted by Gasteiger charge is -2.18. The minimum Gasteiger partial charge on any atom is -0.508 e. The lowest BCUT2D eigenvalue weighted by molar-refractivity contribution is 0.275. The highest BCUT2D eigenvalue weighted by molar-refractivity contribution is 5.65. The van der Waals surface area contributed by atoms with E-state index in [9.17, 15) is 5.11 Å². The van der Waals surface area contributed by atoms with Gasteiger partial charge in [-0.25, -0.2) is 9.97 Å². The summed E-state index contributed by atoms with van der Waals surface area (Å²) in [6.07, 6.45) is 4.50. The molecule has 27 heavy (non-hydrogen) atoms. The zero-order valence-corrected chi connectivity index (χ0v) is 15.6. The van der Waals surface area contributed by atoms with Crippen molar-refractivity contribution in [1.29, 1.82) is 0 Å². The molecule has 0 bridgehead atoms. The molecule has 0 saturated heterocycles. The monoisotopic (exact) mass is 360 g/mol. The summed E-state index contributed by atoms with van der Waals surface area (Å²) in [5.74, 6) is 1.16. The molecule has 0 radical (unpaired) electrons. The molecule has 138 valence electrons. The highest BCUT2D eigenvalue weighted by Gasteiger charge is 2.21. The summed E-state index contributed by atoms with van der Waals surface area (Å²) in [6.45, 7) is 4.88. The molecule has 3 heterocycles. The number of pyridine rings is 1. The molecular formula is C22H24N4O. The van der Waals surface area contributed by atoms with Crippen LogP contribution in [0.15, 0.2) is 48.7 Å². The topological polar surface area (TPSA) is 62.1 Å². The number of fused-ring (bicyclic) bond motifs is 1. The molecule has 2 aromatic heterocycles. The lowest BCUT2D eigenvalue weighted by Crippen LogP contribution is -2.26. The lowest BCUT2D eigenvalue weighted by atomic mass is 10.0. The smallest absolute Gasteiger partial charge is 0.129 e. The van der Waals surface area contributed by atoms with Gasteiger partial charge in [0.1, 0.15) is 11.6 Å². The Bertz CT molecular complexity index is 910. The van der Waals surface area contributed by atoms with Crippen LogP contribution in [0.3, 0.4) is 0 Å². The van der Waals surface area contributed by atoms with E-state index >= 15 is 0 Å². The van der Waals surface area contributed by atoms with Crippen LogP contribution in [0.2, 0.25) is 0 Å². The van der Waals surface area contributed by atoms with Gasteiger partial charge in [-0.05, 0) is 42.8 Å². The van der Waals surface area contributed by atoms with Crippen molar-refractivity contribution in [3.63, 3.8) is 0 Å². The van der Waals surface area contributed by atoms with Gasteiger partial charge >= 0.3 is 0 Å². The van der Waals surface area contributed by atoms with Crippen molar-refractivity contribution >= 4 is 0 Å². The largest absolute Gasteiger partial charge is 0.508 e. The number of aromatic nitrogens is 3. The van der Waals surface area contributed by atoms with E-state index in [0.717, 1.165) is 67.4 Å². The van der Waals surface area contributed by atoms with Gasteiger partial charge in [0.2, 0.25) is 0 Å². The van der Waals surface area contributed by atoms with Gasteiger partial charge in [-0.3, -0.25) is 9.88 Å². The van der Waals surface area contributed by atoms with Crippen LogP contribution in [0.1, 0.15) is 29.7 Å². The number of nitrogens with zero attached hydrogens (tertiary/aromatic N) is 4. The van der Waals surface area contributed by atoms with Crippen LogP contribution in [-0.2, 0) is 25.8 Å². The predicted molar refractivity (Wildman–Crippen MR) is 105 cm³/mol. The molecule has 0 spiro atoms. The molecule has 0 unspecified atom stereocenters. The van der Waals surface area contributed by atoms with Gasteiger partial charge in [0, 0.05) is 55.5 Å². The molecule has 0 atom stereocenters. The second kappa shape index (κ2) is 7.84.